The quantitative estimate of drug-likeness (QED) is 0.425. The molecule has 122 valence electrons. The van der Waals surface area contributed by atoms with Crippen molar-refractivity contribution < 1.29 is 8.68 Å². The summed E-state index contributed by atoms with van der Waals surface area (Å²) in [6.07, 6.45) is 2.87. The van der Waals surface area contributed by atoms with E-state index in [1.807, 2.05) is 38.2 Å². The molecule has 0 bridgehead atoms. The number of benzene rings is 2. The molecule has 1 aliphatic rings. The summed E-state index contributed by atoms with van der Waals surface area (Å²) in [6.45, 7) is -0.121. The number of aromatic nitrogens is 3. The van der Waals surface area contributed by atoms with E-state index >= 15 is 0 Å². The maximum atomic E-state index is 7.69. The summed E-state index contributed by atoms with van der Waals surface area (Å²) in [7, 11) is 2.03. The molecule has 0 unspecified atom stereocenters. The number of rotatable bonds is 1. The minimum Gasteiger partial charge on any atom is -0.290 e. The van der Waals surface area contributed by atoms with E-state index in [0.717, 1.165) is 45.8 Å². The zero-order valence-electron chi connectivity index (χ0n) is 17.2. The Hall–Kier alpha value is -2.94. The SMILES string of the molecule is [2H]C([2H])([2H])c1ccc(-c2c3c(cc[n+]2C)Cc2nc4ccccc4n2-3)c(C)c1. The van der Waals surface area contributed by atoms with Gasteiger partial charge in [0.15, 0.2) is 6.20 Å². The number of aryl methyl sites for hydroxylation is 3. The Bertz CT molecular complexity index is 1250. The van der Waals surface area contributed by atoms with Crippen LogP contribution in [0.3, 0.4) is 0 Å². The maximum absolute atomic E-state index is 7.69. The molecule has 2 aromatic heterocycles. The van der Waals surface area contributed by atoms with E-state index in [1.54, 1.807) is 12.1 Å². The number of pyridine rings is 1. The van der Waals surface area contributed by atoms with E-state index in [9.17, 15) is 0 Å². The van der Waals surface area contributed by atoms with Crippen molar-refractivity contribution in [2.24, 2.45) is 7.05 Å². The van der Waals surface area contributed by atoms with Crippen LogP contribution in [0, 0.1) is 13.8 Å². The average Bonchev–Trinajstić information content (AvgIpc) is 3.17. The fraction of sp³-hybridized carbons (Fsp3) is 0.182. The molecule has 3 heteroatoms. The summed E-state index contributed by atoms with van der Waals surface area (Å²) in [4.78, 5) is 4.82. The van der Waals surface area contributed by atoms with Crippen molar-refractivity contribution >= 4 is 11.0 Å². The van der Waals surface area contributed by atoms with Crippen molar-refractivity contribution in [3.63, 3.8) is 0 Å². The molecule has 0 N–H and O–H groups in total. The summed E-state index contributed by atoms with van der Waals surface area (Å²) in [5.74, 6) is 1.04. The number of fused-ring (bicyclic) bond motifs is 5. The van der Waals surface area contributed by atoms with Gasteiger partial charge in [-0.2, -0.15) is 4.57 Å². The zero-order valence-corrected chi connectivity index (χ0v) is 14.2. The second-order valence-electron chi connectivity index (χ2n) is 6.71. The van der Waals surface area contributed by atoms with Crippen LogP contribution in [0.15, 0.2) is 54.7 Å². The van der Waals surface area contributed by atoms with Crippen LogP contribution in [0.5, 0.6) is 0 Å². The number of nitrogens with zero attached hydrogens (tertiary/aromatic N) is 3. The van der Waals surface area contributed by atoms with Gasteiger partial charge in [0.2, 0.25) is 5.69 Å². The van der Waals surface area contributed by atoms with Gasteiger partial charge in [-0.1, -0.05) is 29.8 Å². The number of hydrogen-bond donors (Lipinski definition) is 0. The Morgan fingerprint density at radius 3 is 2.88 bits per heavy atom. The van der Waals surface area contributed by atoms with Gasteiger partial charge in [-0.05, 0) is 43.1 Å². The second-order valence-corrected chi connectivity index (χ2v) is 6.71. The highest BCUT2D eigenvalue weighted by Crippen LogP contribution is 2.37. The zero-order chi connectivity index (χ0) is 19.6. The molecule has 0 spiro atoms. The molecule has 1 aliphatic heterocycles. The van der Waals surface area contributed by atoms with Gasteiger partial charge in [0.25, 0.3) is 0 Å². The van der Waals surface area contributed by atoms with Crippen LogP contribution in [0.4, 0.5) is 0 Å². The van der Waals surface area contributed by atoms with E-state index in [2.05, 4.69) is 27.5 Å². The number of imidazole rings is 1. The summed E-state index contributed by atoms with van der Waals surface area (Å²) in [5, 5.41) is 0. The van der Waals surface area contributed by atoms with E-state index in [-0.39, 0.29) is 0 Å². The highest BCUT2D eigenvalue weighted by molar-refractivity contribution is 5.83. The summed E-state index contributed by atoms with van der Waals surface area (Å²) >= 11 is 0. The van der Waals surface area contributed by atoms with E-state index in [0.29, 0.717) is 5.56 Å². The molecule has 0 saturated carbocycles. The first-order valence-electron chi connectivity index (χ1n) is 9.94. The Morgan fingerprint density at radius 1 is 1.16 bits per heavy atom. The smallest absolute Gasteiger partial charge is 0.237 e. The maximum Gasteiger partial charge on any atom is 0.237 e. The lowest BCUT2D eigenvalue weighted by Crippen LogP contribution is -2.32. The first-order valence-corrected chi connectivity index (χ1v) is 8.44. The Balaban J connectivity index is 1.80. The average molecular weight is 329 g/mol. The van der Waals surface area contributed by atoms with E-state index in [1.165, 1.54) is 5.56 Å². The predicted octanol–water partition coefficient (Wildman–Crippen LogP) is 4.04. The van der Waals surface area contributed by atoms with Crippen LogP contribution in [0.2, 0.25) is 0 Å². The molecular formula is C22H20N3+. The first-order chi connectivity index (χ1) is 13.3. The molecule has 0 amide bonds. The minimum absolute atomic E-state index is 0.373. The molecule has 0 radical (unpaired) electrons. The number of para-hydroxylation sites is 2. The summed E-state index contributed by atoms with van der Waals surface area (Å²) in [6, 6.07) is 15.8. The van der Waals surface area contributed by atoms with Crippen molar-refractivity contribution in [2.45, 2.75) is 20.2 Å². The lowest BCUT2D eigenvalue weighted by atomic mass is 9.99. The normalized spacial score (nSPS) is 14.7. The fourth-order valence-electron chi connectivity index (χ4n) is 3.93. The van der Waals surface area contributed by atoms with Gasteiger partial charge in [-0.25, -0.2) is 4.98 Å². The number of hydrogen-bond acceptors (Lipinski definition) is 1. The van der Waals surface area contributed by atoms with E-state index < -0.39 is 6.85 Å². The molecule has 0 atom stereocenters. The third-order valence-electron chi connectivity index (χ3n) is 5.06. The van der Waals surface area contributed by atoms with Gasteiger partial charge in [-0.15, -0.1) is 0 Å². The molecular weight excluding hydrogens is 306 g/mol. The van der Waals surface area contributed by atoms with Crippen molar-refractivity contribution in [2.75, 3.05) is 0 Å². The summed E-state index contributed by atoms with van der Waals surface area (Å²) < 4.78 is 27.4. The fourth-order valence-corrected chi connectivity index (χ4v) is 3.93. The first kappa shape index (κ1) is 11.6. The molecule has 0 saturated heterocycles. The lowest BCUT2D eigenvalue weighted by Gasteiger charge is -2.11. The molecule has 4 aromatic rings. The van der Waals surface area contributed by atoms with Gasteiger partial charge in [-0.3, -0.25) is 4.57 Å². The molecule has 2 aromatic carbocycles. The highest BCUT2D eigenvalue weighted by atomic mass is 15.1. The Morgan fingerprint density at radius 2 is 2.04 bits per heavy atom. The molecule has 25 heavy (non-hydrogen) atoms. The monoisotopic (exact) mass is 329 g/mol. The van der Waals surface area contributed by atoms with Crippen LogP contribution in [0.25, 0.3) is 28.0 Å². The van der Waals surface area contributed by atoms with Crippen molar-refractivity contribution in [3.8, 4) is 16.9 Å². The largest absolute Gasteiger partial charge is 0.290 e. The van der Waals surface area contributed by atoms with E-state index in [4.69, 9.17) is 9.10 Å². The highest BCUT2D eigenvalue weighted by Gasteiger charge is 2.31. The molecule has 0 aliphatic carbocycles. The molecule has 0 fully saturated rings. The van der Waals surface area contributed by atoms with Gasteiger partial charge in [0, 0.05) is 16.6 Å². The van der Waals surface area contributed by atoms with Crippen molar-refractivity contribution in [1.29, 1.82) is 0 Å². The van der Waals surface area contributed by atoms with Crippen LogP contribution in [-0.4, -0.2) is 9.55 Å². The molecule has 3 heterocycles. The summed E-state index contributed by atoms with van der Waals surface area (Å²) in [5.41, 5.74) is 7.91. The lowest BCUT2D eigenvalue weighted by molar-refractivity contribution is -0.660. The van der Waals surface area contributed by atoms with Crippen molar-refractivity contribution in [3.05, 3.63) is 77.2 Å². The third-order valence-corrected chi connectivity index (χ3v) is 5.06. The molecule has 3 nitrogen and oxygen atoms in total. The topological polar surface area (TPSA) is 21.7 Å². The Labute approximate surface area is 151 Å². The van der Waals surface area contributed by atoms with Crippen molar-refractivity contribution in [1.82, 2.24) is 9.55 Å². The standard InChI is InChI=1S/C22H20N3/c1-14-8-9-17(15(2)12-14)22-21-16(10-11-24(22)3)13-20-23-18-6-4-5-7-19(18)25(20)21/h4-12H,13H2,1-3H3/q+1/i1D3. The predicted molar refractivity (Wildman–Crippen MR) is 100.0 cm³/mol. The third kappa shape index (κ3) is 1.99. The molecule has 5 rings (SSSR count). The van der Waals surface area contributed by atoms with Gasteiger partial charge < -0.3 is 0 Å². The van der Waals surface area contributed by atoms with Gasteiger partial charge in [0.1, 0.15) is 18.6 Å². The minimum atomic E-state index is -2.10. The van der Waals surface area contributed by atoms with Crippen LogP contribution in [0.1, 0.15) is 26.6 Å². The van der Waals surface area contributed by atoms with Gasteiger partial charge >= 0.3 is 0 Å². The van der Waals surface area contributed by atoms with Crippen LogP contribution < -0.4 is 4.57 Å². The van der Waals surface area contributed by atoms with Crippen LogP contribution >= 0.6 is 0 Å². The van der Waals surface area contributed by atoms with Gasteiger partial charge in [0.05, 0.1) is 16.6 Å². The Kier molecular flexibility index (Phi) is 2.33. The second kappa shape index (κ2) is 5.03. The van der Waals surface area contributed by atoms with Crippen LogP contribution in [-0.2, 0) is 13.5 Å².